The number of rotatable bonds is 1. The Morgan fingerprint density at radius 1 is 1.73 bits per heavy atom. The van der Waals surface area contributed by atoms with Crippen LogP contribution >= 0.6 is 0 Å². The maximum atomic E-state index is 13.1. The molecule has 1 heterocycles. The molecule has 62 valence electrons. The van der Waals surface area contributed by atoms with E-state index in [1.807, 2.05) is 0 Å². The van der Waals surface area contributed by atoms with E-state index in [1.54, 1.807) is 0 Å². The lowest BCUT2D eigenvalue weighted by molar-refractivity contribution is -0.160. The van der Waals surface area contributed by atoms with Crippen molar-refractivity contribution < 1.29 is 19.1 Å². The molecule has 0 unspecified atom stereocenters. The molecule has 2 N–H and O–H groups in total. The Labute approximate surface area is 62.4 Å². The summed E-state index contributed by atoms with van der Waals surface area (Å²) >= 11 is 0. The fraction of sp³-hybridized carbons (Fsp3) is 0.667. The van der Waals surface area contributed by atoms with Gasteiger partial charge in [-0.2, -0.15) is 0 Å². The second-order valence-electron chi connectivity index (χ2n) is 2.47. The lowest BCUT2D eigenvalue weighted by Crippen LogP contribution is -2.53. The van der Waals surface area contributed by atoms with Crippen LogP contribution in [-0.4, -0.2) is 29.2 Å². The first-order valence-electron chi connectivity index (χ1n) is 3.28. The Balaban J connectivity index is 2.81. The Hall–Kier alpha value is -1.13. The van der Waals surface area contributed by atoms with Crippen LogP contribution in [0.3, 0.4) is 0 Å². The topological polar surface area (TPSA) is 66.4 Å². The molecule has 0 bridgehead atoms. The van der Waals surface area contributed by atoms with Gasteiger partial charge in [0.1, 0.15) is 0 Å². The second-order valence-corrected chi connectivity index (χ2v) is 2.47. The molecule has 0 spiro atoms. The smallest absolute Gasteiger partial charge is 0.351 e. The van der Waals surface area contributed by atoms with Gasteiger partial charge in [-0.3, -0.25) is 4.79 Å². The van der Waals surface area contributed by atoms with Gasteiger partial charge in [0.25, 0.3) is 11.6 Å². The Bertz CT molecular complexity index is 206. The van der Waals surface area contributed by atoms with Crippen molar-refractivity contribution in [2.45, 2.75) is 18.5 Å². The van der Waals surface area contributed by atoms with Gasteiger partial charge in [0.15, 0.2) is 0 Å². The summed E-state index contributed by atoms with van der Waals surface area (Å²) in [7, 11) is 0. The number of carbonyl (C=O) groups is 2. The van der Waals surface area contributed by atoms with Crippen LogP contribution in [0.5, 0.6) is 0 Å². The van der Waals surface area contributed by atoms with Gasteiger partial charge in [-0.25, -0.2) is 9.18 Å². The molecule has 1 atom stereocenters. The molecule has 1 aliphatic rings. The molecule has 4 nitrogen and oxygen atoms in total. The molecular weight excluding hydrogens is 153 g/mol. The van der Waals surface area contributed by atoms with Gasteiger partial charge >= 0.3 is 5.97 Å². The summed E-state index contributed by atoms with van der Waals surface area (Å²) < 4.78 is 13.1. The minimum absolute atomic E-state index is 0.228. The van der Waals surface area contributed by atoms with Crippen molar-refractivity contribution in [3.05, 3.63) is 0 Å². The molecule has 0 aromatic heterocycles. The molecule has 0 saturated carbocycles. The summed E-state index contributed by atoms with van der Waals surface area (Å²) in [5, 5.41) is 10.5. The lowest BCUT2D eigenvalue weighted by Gasteiger charge is -2.24. The molecule has 1 rings (SSSR count). The van der Waals surface area contributed by atoms with Crippen molar-refractivity contribution in [2.75, 3.05) is 6.54 Å². The van der Waals surface area contributed by atoms with Crippen molar-refractivity contribution in [3.8, 4) is 0 Å². The zero-order valence-electron chi connectivity index (χ0n) is 5.76. The summed E-state index contributed by atoms with van der Waals surface area (Å²) in [5.74, 6) is -2.73. The third-order valence-corrected chi connectivity index (χ3v) is 1.68. The van der Waals surface area contributed by atoms with Crippen LogP contribution in [0, 0.1) is 0 Å². The molecule has 1 aliphatic heterocycles. The molecular formula is C6H8FNO3. The maximum Gasteiger partial charge on any atom is 0.351 e. The average Bonchev–Trinajstić information content (AvgIpc) is 1.95. The minimum atomic E-state index is -2.70. The zero-order chi connectivity index (χ0) is 8.48. The number of hydrogen-bond donors (Lipinski definition) is 2. The standard InChI is InChI=1S/C6H8FNO3/c7-6(5(10)11)2-1-3-8-4(6)9/h1-3H2,(H,8,9)(H,10,11)/t6-/m0/s1. The third kappa shape index (κ3) is 1.18. The normalized spacial score (nSPS) is 31.2. The van der Waals surface area contributed by atoms with E-state index in [-0.39, 0.29) is 6.42 Å². The van der Waals surface area contributed by atoms with E-state index in [2.05, 4.69) is 5.32 Å². The van der Waals surface area contributed by atoms with Crippen molar-refractivity contribution >= 4 is 11.9 Å². The van der Waals surface area contributed by atoms with Crippen molar-refractivity contribution in [2.24, 2.45) is 0 Å². The number of hydrogen-bond acceptors (Lipinski definition) is 2. The number of piperidine rings is 1. The highest BCUT2D eigenvalue weighted by Crippen LogP contribution is 2.21. The summed E-state index contributed by atoms with van der Waals surface area (Å²) in [6.07, 6.45) is 0.142. The summed E-state index contributed by atoms with van der Waals surface area (Å²) in [5.41, 5.74) is -2.70. The first-order chi connectivity index (χ1) is 5.07. The SMILES string of the molecule is O=C(O)[C@]1(F)CCCNC1=O. The van der Waals surface area contributed by atoms with E-state index in [0.29, 0.717) is 13.0 Å². The van der Waals surface area contributed by atoms with Gasteiger partial charge in [-0.05, 0) is 6.42 Å². The van der Waals surface area contributed by atoms with Gasteiger partial charge in [0.2, 0.25) is 0 Å². The summed E-state index contributed by atoms with van der Waals surface area (Å²) in [6.45, 7) is 0.359. The van der Waals surface area contributed by atoms with Crippen molar-refractivity contribution in [3.63, 3.8) is 0 Å². The number of carboxylic acids is 1. The molecule has 0 aliphatic carbocycles. The second kappa shape index (κ2) is 2.48. The zero-order valence-corrected chi connectivity index (χ0v) is 5.76. The van der Waals surface area contributed by atoms with Gasteiger partial charge in [-0.15, -0.1) is 0 Å². The number of halogens is 1. The molecule has 0 aromatic carbocycles. The van der Waals surface area contributed by atoms with Crippen LogP contribution in [0.1, 0.15) is 12.8 Å². The molecule has 1 amide bonds. The first-order valence-corrected chi connectivity index (χ1v) is 3.28. The number of nitrogens with one attached hydrogen (secondary N) is 1. The Kier molecular flexibility index (Phi) is 1.80. The number of amides is 1. The average molecular weight is 161 g/mol. The van der Waals surface area contributed by atoms with Crippen molar-refractivity contribution in [1.29, 1.82) is 0 Å². The Morgan fingerprint density at radius 3 is 2.73 bits per heavy atom. The lowest BCUT2D eigenvalue weighted by atomic mass is 9.95. The molecule has 1 fully saturated rings. The highest BCUT2D eigenvalue weighted by molar-refractivity contribution is 6.05. The fourth-order valence-corrected chi connectivity index (χ4v) is 0.992. The molecule has 1 saturated heterocycles. The molecule has 0 aromatic rings. The van der Waals surface area contributed by atoms with E-state index in [1.165, 1.54) is 0 Å². The number of carbonyl (C=O) groups excluding carboxylic acids is 1. The maximum absolute atomic E-state index is 13.1. The molecule has 5 heteroatoms. The predicted octanol–water partition coefficient (Wildman–Crippen LogP) is -0.311. The summed E-state index contributed by atoms with van der Waals surface area (Å²) in [6, 6.07) is 0. The number of carboxylic acid groups (broad SMARTS) is 1. The van der Waals surface area contributed by atoms with Crippen LogP contribution in [0.4, 0.5) is 4.39 Å². The largest absolute Gasteiger partial charge is 0.478 e. The first kappa shape index (κ1) is 7.97. The number of aliphatic carboxylic acids is 1. The molecule has 11 heavy (non-hydrogen) atoms. The van der Waals surface area contributed by atoms with E-state index >= 15 is 0 Å². The predicted molar refractivity (Wildman–Crippen MR) is 33.7 cm³/mol. The van der Waals surface area contributed by atoms with E-state index < -0.39 is 17.5 Å². The van der Waals surface area contributed by atoms with Crippen LogP contribution in [0.15, 0.2) is 0 Å². The van der Waals surface area contributed by atoms with Gasteiger partial charge in [0.05, 0.1) is 0 Å². The van der Waals surface area contributed by atoms with Crippen LogP contribution in [-0.2, 0) is 9.59 Å². The van der Waals surface area contributed by atoms with Crippen molar-refractivity contribution in [1.82, 2.24) is 5.32 Å². The van der Waals surface area contributed by atoms with Gasteiger partial charge in [-0.1, -0.05) is 0 Å². The van der Waals surface area contributed by atoms with Crippen LogP contribution in [0.2, 0.25) is 0 Å². The van der Waals surface area contributed by atoms with Gasteiger partial charge in [0, 0.05) is 13.0 Å². The minimum Gasteiger partial charge on any atom is -0.478 e. The summed E-state index contributed by atoms with van der Waals surface area (Å²) in [4.78, 5) is 20.9. The van der Waals surface area contributed by atoms with Gasteiger partial charge < -0.3 is 10.4 Å². The monoisotopic (exact) mass is 161 g/mol. The fourth-order valence-electron chi connectivity index (χ4n) is 0.992. The third-order valence-electron chi connectivity index (χ3n) is 1.68. The van der Waals surface area contributed by atoms with E-state index in [0.717, 1.165) is 0 Å². The van der Waals surface area contributed by atoms with E-state index in [4.69, 9.17) is 5.11 Å². The highest BCUT2D eigenvalue weighted by Gasteiger charge is 2.48. The Morgan fingerprint density at radius 2 is 2.36 bits per heavy atom. The van der Waals surface area contributed by atoms with E-state index in [9.17, 15) is 14.0 Å². The van der Waals surface area contributed by atoms with Crippen LogP contribution in [0.25, 0.3) is 0 Å². The quantitative estimate of drug-likeness (QED) is 0.518. The highest BCUT2D eigenvalue weighted by atomic mass is 19.1. The molecule has 0 radical (unpaired) electrons. The van der Waals surface area contributed by atoms with Crippen LogP contribution < -0.4 is 5.32 Å². The number of alkyl halides is 1.